The molecule has 1 aliphatic heterocycles. The molecule has 0 radical (unpaired) electrons. The molecule has 0 amide bonds. The Hall–Kier alpha value is -2.31. The first-order chi connectivity index (χ1) is 15.8. The van der Waals surface area contributed by atoms with Crippen molar-refractivity contribution >= 4 is 39.2 Å². The van der Waals surface area contributed by atoms with Gasteiger partial charge >= 0.3 is 0 Å². The van der Waals surface area contributed by atoms with Gasteiger partial charge in [-0.15, -0.1) is 10.2 Å². The smallest absolute Gasteiger partial charge is 0.243 e. The van der Waals surface area contributed by atoms with Gasteiger partial charge in [0.05, 0.1) is 15.7 Å². The minimum Gasteiger partial charge on any atom is -0.372 e. The van der Waals surface area contributed by atoms with Crippen molar-refractivity contribution in [3.8, 4) is 5.69 Å². The molecule has 33 heavy (non-hydrogen) atoms. The highest BCUT2D eigenvalue weighted by Crippen LogP contribution is 2.34. The molecule has 1 aromatic carbocycles. The van der Waals surface area contributed by atoms with Crippen molar-refractivity contribution in [3.63, 3.8) is 0 Å². The van der Waals surface area contributed by atoms with E-state index in [1.54, 1.807) is 28.8 Å². The number of hydrogen-bond donors (Lipinski definition) is 1. The minimum atomic E-state index is -4.03. The van der Waals surface area contributed by atoms with Gasteiger partial charge in [-0.2, -0.15) is 0 Å². The van der Waals surface area contributed by atoms with Crippen molar-refractivity contribution in [2.75, 3.05) is 18.4 Å². The number of para-hydroxylation sites is 1. The minimum absolute atomic E-state index is 0.00710. The Bertz CT molecular complexity index is 1220. The highest BCUT2D eigenvalue weighted by molar-refractivity contribution is 7.93. The average Bonchev–Trinajstić information content (AvgIpc) is 3.46. The van der Waals surface area contributed by atoms with Crippen molar-refractivity contribution in [1.29, 1.82) is 0 Å². The van der Waals surface area contributed by atoms with Crippen LogP contribution < -0.4 is 4.72 Å². The number of ether oxygens (including phenoxy) is 2. The number of anilines is 1. The van der Waals surface area contributed by atoms with Crippen LogP contribution in [0.4, 0.5) is 5.95 Å². The van der Waals surface area contributed by atoms with E-state index in [2.05, 4.69) is 24.9 Å². The number of methoxy groups -OCH3 is 1. The first kappa shape index (κ1) is 23.8. The highest BCUT2D eigenvalue weighted by Gasteiger charge is 2.35. The van der Waals surface area contributed by atoms with E-state index in [-0.39, 0.29) is 17.9 Å². The van der Waals surface area contributed by atoms with Crippen LogP contribution in [0.1, 0.15) is 43.6 Å². The molecule has 1 N–H and O–H groups in total. The fraction of sp³-hybridized carbons (Fsp3) is 0.400. The largest absolute Gasteiger partial charge is 0.372 e. The van der Waals surface area contributed by atoms with Crippen molar-refractivity contribution < 1.29 is 17.9 Å². The van der Waals surface area contributed by atoms with Gasteiger partial charge in [-0.3, -0.25) is 9.29 Å². The molecule has 0 spiro atoms. The first-order valence-corrected chi connectivity index (χ1v) is 12.5. The number of halogens is 2. The van der Waals surface area contributed by atoms with Crippen LogP contribution in [0, 0.1) is 0 Å². The lowest BCUT2D eigenvalue weighted by Gasteiger charge is -2.22. The molecular weight excluding hydrogens is 491 g/mol. The van der Waals surface area contributed by atoms with Crippen LogP contribution in [0.15, 0.2) is 36.7 Å². The molecule has 0 unspecified atom stereocenters. The van der Waals surface area contributed by atoms with Crippen LogP contribution >= 0.6 is 23.2 Å². The van der Waals surface area contributed by atoms with Crippen molar-refractivity contribution in [2.45, 2.75) is 37.2 Å². The van der Waals surface area contributed by atoms with Crippen LogP contribution in [-0.4, -0.2) is 52.1 Å². The lowest BCUT2D eigenvalue weighted by molar-refractivity contribution is 0.0950. The third kappa shape index (κ3) is 4.97. The van der Waals surface area contributed by atoms with E-state index in [9.17, 15) is 8.42 Å². The Morgan fingerprint density at radius 3 is 2.58 bits per heavy atom. The molecule has 4 rings (SSSR count). The molecule has 0 bridgehead atoms. The number of benzene rings is 1. The zero-order valence-corrected chi connectivity index (χ0v) is 20.2. The summed E-state index contributed by atoms with van der Waals surface area (Å²) in [4.78, 5) is 8.19. The monoisotopic (exact) mass is 512 g/mol. The molecule has 1 fully saturated rings. The maximum Gasteiger partial charge on any atom is 0.243 e. The molecule has 3 aromatic rings. The fourth-order valence-corrected chi connectivity index (χ4v) is 5.03. The van der Waals surface area contributed by atoms with E-state index < -0.39 is 21.4 Å². The zero-order chi connectivity index (χ0) is 23.6. The first-order valence-electron chi connectivity index (χ1n) is 10.2. The molecule has 10 nitrogen and oxygen atoms in total. The maximum atomic E-state index is 13.3. The summed E-state index contributed by atoms with van der Waals surface area (Å²) in [7, 11) is -2.65. The van der Waals surface area contributed by atoms with Crippen LogP contribution in [-0.2, 0) is 19.5 Å². The Labute approximate surface area is 201 Å². The van der Waals surface area contributed by atoms with Gasteiger partial charge in [-0.25, -0.2) is 18.4 Å². The zero-order valence-electron chi connectivity index (χ0n) is 17.9. The number of aromatic nitrogens is 5. The Balaban J connectivity index is 1.70. The third-order valence-electron chi connectivity index (χ3n) is 5.30. The van der Waals surface area contributed by atoms with E-state index in [0.29, 0.717) is 28.2 Å². The molecule has 13 heteroatoms. The lowest BCUT2D eigenvalue weighted by Crippen LogP contribution is -2.33. The summed E-state index contributed by atoms with van der Waals surface area (Å²) >= 11 is 12.3. The SMILES string of the molecule is CO[C@H](c1ncc(Cl)cn1)[C@H](C)S(=O)(=O)Nc1nnc([C@@H]2CCCO2)n1-c1ccccc1Cl. The van der Waals surface area contributed by atoms with Crippen LogP contribution in [0.2, 0.25) is 10.0 Å². The predicted octanol–water partition coefficient (Wildman–Crippen LogP) is 3.73. The summed E-state index contributed by atoms with van der Waals surface area (Å²) < 4.78 is 41.9. The van der Waals surface area contributed by atoms with E-state index in [1.165, 1.54) is 26.4 Å². The molecule has 0 aliphatic carbocycles. The van der Waals surface area contributed by atoms with Gasteiger partial charge in [0.2, 0.25) is 16.0 Å². The highest BCUT2D eigenvalue weighted by atomic mass is 35.5. The van der Waals surface area contributed by atoms with Gasteiger partial charge in [0.25, 0.3) is 0 Å². The molecule has 3 heterocycles. The third-order valence-corrected chi connectivity index (χ3v) is 7.51. The molecule has 176 valence electrons. The standard InChI is InChI=1S/C20H22Cl2N6O4S/c1-12(17(31-2)18-23-10-13(21)11-24-18)33(29,30)27-20-26-25-19(16-8-5-9-32-16)28(20)15-7-4-3-6-14(15)22/h3-4,6-7,10-12,16-17H,5,8-9H2,1-2H3,(H,26,27)/t12-,16-,17-/m0/s1. The maximum absolute atomic E-state index is 13.3. The van der Waals surface area contributed by atoms with Crippen LogP contribution in [0.5, 0.6) is 0 Å². The Morgan fingerprint density at radius 1 is 1.21 bits per heavy atom. The van der Waals surface area contributed by atoms with Gasteiger partial charge in [-0.05, 0) is 31.9 Å². The Morgan fingerprint density at radius 2 is 1.94 bits per heavy atom. The number of rotatable bonds is 8. The molecular formula is C20H22Cl2N6O4S. The van der Waals surface area contributed by atoms with Gasteiger partial charge in [0.15, 0.2) is 11.6 Å². The molecule has 2 aromatic heterocycles. The average molecular weight is 513 g/mol. The van der Waals surface area contributed by atoms with Crippen molar-refractivity contribution in [2.24, 2.45) is 0 Å². The number of nitrogens with zero attached hydrogens (tertiary/aromatic N) is 5. The van der Waals surface area contributed by atoms with Gasteiger partial charge < -0.3 is 9.47 Å². The van der Waals surface area contributed by atoms with Crippen molar-refractivity contribution in [1.82, 2.24) is 24.7 Å². The molecule has 3 atom stereocenters. The second-order valence-corrected chi connectivity index (χ2v) is 10.3. The fourth-order valence-electron chi connectivity index (χ4n) is 3.58. The molecule has 0 saturated carbocycles. The predicted molar refractivity (Wildman–Crippen MR) is 123 cm³/mol. The summed E-state index contributed by atoms with van der Waals surface area (Å²) in [5, 5.41) is 8.00. The number of nitrogens with one attached hydrogen (secondary N) is 1. The normalized spacial score (nSPS) is 18.2. The van der Waals surface area contributed by atoms with E-state index in [1.807, 2.05) is 0 Å². The molecule has 1 saturated heterocycles. The van der Waals surface area contributed by atoms with E-state index in [0.717, 1.165) is 12.8 Å². The quantitative estimate of drug-likeness (QED) is 0.484. The molecule has 1 aliphatic rings. The second kappa shape index (κ2) is 9.90. The number of sulfonamides is 1. The summed E-state index contributed by atoms with van der Waals surface area (Å²) in [6, 6.07) is 7.03. The van der Waals surface area contributed by atoms with E-state index in [4.69, 9.17) is 32.7 Å². The van der Waals surface area contributed by atoms with Gasteiger partial charge in [-0.1, -0.05) is 35.3 Å². The number of hydrogen-bond acceptors (Lipinski definition) is 8. The lowest BCUT2D eigenvalue weighted by atomic mass is 10.2. The summed E-state index contributed by atoms with van der Waals surface area (Å²) in [6.07, 6.45) is 3.10. The summed E-state index contributed by atoms with van der Waals surface area (Å²) in [5.74, 6) is 0.648. The van der Waals surface area contributed by atoms with Crippen molar-refractivity contribution in [3.05, 3.63) is 58.4 Å². The van der Waals surface area contributed by atoms with Gasteiger partial charge in [0.1, 0.15) is 17.5 Å². The summed E-state index contributed by atoms with van der Waals surface area (Å²) in [6.45, 7) is 2.08. The van der Waals surface area contributed by atoms with Crippen LogP contribution in [0.3, 0.4) is 0 Å². The van der Waals surface area contributed by atoms with E-state index >= 15 is 0 Å². The summed E-state index contributed by atoms with van der Waals surface area (Å²) in [5.41, 5.74) is 0.532. The van der Waals surface area contributed by atoms with Gasteiger partial charge in [0, 0.05) is 26.1 Å². The second-order valence-electron chi connectivity index (χ2n) is 7.44. The van der Waals surface area contributed by atoms with Crippen LogP contribution in [0.25, 0.3) is 5.69 Å². The topological polar surface area (TPSA) is 121 Å². The Kier molecular flexibility index (Phi) is 7.15.